The van der Waals surface area contributed by atoms with Gasteiger partial charge in [0.25, 0.3) is 0 Å². The van der Waals surface area contributed by atoms with Crippen molar-refractivity contribution in [3.05, 3.63) is 65.7 Å². The van der Waals surface area contributed by atoms with Gasteiger partial charge in [-0.2, -0.15) is 0 Å². The Bertz CT molecular complexity index is 1120. The summed E-state index contributed by atoms with van der Waals surface area (Å²) in [6.45, 7) is 4.31. The van der Waals surface area contributed by atoms with Crippen molar-refractivity contribution in [2.75, 3.05) is 6.79 Å². The van der Waals surface area contributed by atoms with Gasteiger partial charge in [-0.15, -0.1) is 0 Å². The van der Waals surface area contributed by atoms with Crippen LogP contribution in [0.1, 0.15) is 11.1 Å². The summed E-state index contributed by atoms with van der Waals surface area (Å²) in [7, 11) is -3.73. The number of sulfonamides is 1. The summed E-state index contributed by atoms with van der Waals surface area (Å²) >= 11 is 0. The van der Waals surface area contributed by atoms with Crippen LogP contribution >= 0.6 is 0 Å². The Kier molecular flexibility index (Phi) is 4.17. The van der Waals surface area contributed by atoms with E-state index in [-0.39, 0.29) is 11.7 Å². The zero-order chi connectivity index (χ0) is 19.2. The molecular weight excluding hydrogens is 362 g/mol. The van der Waals surface area contributed by atoms with E-state index in [1.807, 2.05) is 12.1 Å². The van der Waals surface area contributed by atoms with Crippen LogP contribution in [-0.4, -0.2) is 15.2 Å². The number of fused-ring (bicyclic) bond motifs is 1. The van der Waals surface area contributed by atoms with Crippen LogP contribution in [0.25, 0.3) is 22.3 Å². The molecule has 0 fully saturated rings. The molecule has 4 rings (SSSR count). The summed E-state index contributed by atoms with van der Waals surface area (Å²) in [5.41, 5.74) is 6.20. The van der Waals surface area contributed by atoms with Crippen molar-refractivity contribution < 1.29 is 17.9 Å². The van der Waals surface area contributed by atoms with Crippen LogP contribution in [0, 0.1) is 13.8 Å². The van der Waals surface area contributed by atoms with Crippen LogP contribution in [0.3, 0.4) is 0 Å². The third kappa shape index (κ3) is 3.41. The van der Waals surface area contributed by atoms with Gasteiger partial charge in [-0.1, -0.05) is 41.5 Å². The van der Waals surface area contributed by atoms with Crippen molar-refractivity contribution >= 4 is 10.0 Å². The van der Waals surface area contributed by atoms with Gasteiger partial charge >= 0.3 is 0 Å². The van der Waals surface area contributed by atoms with Crippen LogP contribution < -0.4 is 14.6 Å². The molecule has 0 aliphatic carbocycles. The molecule has 27 heavy (non-hydrogen) atoms. The molecule has 6 heteroatoms. The monoisotopic (exact) mass is 381 g/mol. The maximum Gasteiger partial charge on any atom is 0.238 e. The van der Waals surface area contributed by atoms with E-state index < -0.39 is 10.0 Å². The third-order valence-corrected chi connectivity index (χ3v) is 5.47. The zero-order valence-electron chi connectivity index (χ0n) is 15.0. The second-order valence-corrected chi connectivity index (χ2v) is 8.26. The van der Waals surface area contributed by atoms with Gasteiger partial charge in [-0.25, -0.2) is 13.6 Å². The van der Waals surface area contributed by atoms with Crippen molar-refractivity contribution in [3.63, 3.8) is 0 Å². The fourth-order valence-electron chi connectivity index (χ4n) is 3.37. The molecule has 0 radical (unpaired) electrons. The van der Waals surface area contributed by atoms with Crippen molar-refractivity contribution in [1.29, 1.82) is 0 Å². The van der Waals surface area contributed by atoms with E-state index >= 15 is 0 Å². The van der Waals surface area contributed by atoms with Crippen LogP contribution in [0.2, 0.25) is 0 Å². The number of nitrogens with two attached hydrogens (primary N) is 1. The van der Waals surface area contributed by atoms with Crippen LogP contribution in [0.15, 0.2) is 59.5 Å². The molecule has 138 valence electrons. The van der Waals surface area contributed by atoms with E-state index in [0.29, 0.717) is 11.5 Å². The molecule has 0 saturated heterocycles. The Hall–Kier alpha value is -2.83. The Morgan fingerprint density at radius 1 is 0.778 bits per heavy atom. The average molecular weight is 381 g/mol. The first-order valence-corrected chi connectivity index (χ1v) is 10.0. The third-order valence-electron chi connectivity index (χ3n) is 4.54. The van der Waals surface area contributed by atoms with Crippen LogP contribution in [0.5, 0.6) is 11.5 Å². The molecule has 0 unspecified atom stereocenters. The average Bonchev–Trinajstić information content (AvgIpc) is 3.06. The molecule has 2 N–H and O–H groups in total. The lowest BCUT2D eigenvalue weighted by Gasteiger charge is -2.14. The Morgan fingerprint density at radius 2 is 1.30 bits per heavy atom. The largest absolute Gasteiger partial charge is 0.454 e. The molecule has 0 saturated carbocycles. The highest BCUT2D eigenvalue weighted by molar-refractivity contribution is 7.89. The van der Waals surface area contributed by atoms with Gasteiger partial charge in [0.15, 0.2) is 11.5 Å². The molecule has 1 aliphatic rings. The molecule has 0 amide bonds. The van der Waals surface area contributed by atoms with Crippen molar-refractivity contribution in [3.8, 4) is 33.8 Å². The van der Waals surface area contributed by atoms with E-state index in [4.69, 9.17) is 14.6 Å². The minimum Gasteiger partial charge on any atom is -0.454 e. The predicted octanol–water partition coefficient (Wildman–Crippen LogP) is 4.01. The molecule has 0 aromatic heterocycles. The quantitative estimate of drug-likeness (QED) is 0.743. The summed E-state index contributed by atoms with van der Waals surface area (Å²) in [4.78, 5) is 0.0833. The first-order chi connectivity index (χ1) is 12.8. The summed E-state index contributed by atoms with van der Waals surface area (Å²) in [6.07, 6.45) is 0. The van der Waals surface area contributed by atoms with E-state index in [1.54, 1.807) is 12.1 Å². The van der Waals surface area contributed by atoms with Gasteiger partial charge in [-0.3, -0.25) is 0 Å². The number of hydrogen-bond donors (Lipinski definition) is 1. The number of ether oxygens (including phenoxy) is 2. The van der Waals surface area contributed by atoms with Crippen molar-refractivity contribution in [2.24, 2.45) is 5.14 Å². The molecule has 0 atom stereocenters. The molecule has 1 aliphatic heterocycles. The summed E-state index contributed by atoms with van der Waals surface area (Å²) in [5.74, 6) is 1.38. The number of aryl methyl sites for hydroxylation is 2. The van der Waals surface area contributed by atoms with Gasteiger partial charge in [0.1, 0.15) is 0 Å². The lowest BCUT2D eigenvalue weighted by Crippen LogP contribution is -2.11. The lowest BCUT2D eigenvalue weighted by molar-refractivity contribution is 0.174. The molecule has 0 bridgehead atoms. The van der Waals surface area contributed by atoms with Crippen molar-refractivity contribution in [1.82, 2.24) is 0 Å². The van der Waals surface area contributed by atoms with Gasteiger partial charge in [0.05, 0.1) is 4.90 Å². The highest BCUT2D eigenvalue weighted by Gasteiger charge is 2.20. The lowest BCUT2D eigenvalue weighted by atomic mass is 9.92. The second-order valence-electron chi connectivity index (χ2n) is 6.70. The molecular formula is C21H19NO4S. The van der Waals surface area contributed by atoms with E-state index in [2.05, 4.69) is 32.0 Å². The minimum atomic E-state index is -3.73. The minimum absolute atomic E-state index is 0.0833. The first-order valence-electron chi connectivity index (χ1n) is 8.47. The SMILES string of the molecule is Cc1cc(C)cc(-c2cc3c(cc2-c2ccc(S(N)(=O)=O)cc2)OCO3)c1. The van der Waals surface area contributed by atoms with Gasteiger partial charge in [0.2, 0.25) is 16.8 Å². The number of rotatable bonds is 3. The van der Waals surface area contributed by atoms with Crippen LogP contribution in [-0.2, 0) is 10.0 Å². The first kappa shape index (κ1) is 17.6. The van der Waals surface area contributed by atoms with E-state index in [9.17, 15) is 8.42 Å². The standard InChI is InChI=1S/C21H19NO4S/c1-13-7-14(2)9-16(8-13)19-11-21-20(25-12-26-21)10-18(19)15-3-5-17(6-4-15)27(22,23)24/h3-11H,12H2,1-2H3,(H2,22,23,24). The van der Waals surface area contributed by atoms with Crippen LogP contribution in [0.4, 0.5) is 0 Å². The number of primary sulfonamides is 1. The van der Waals surface area contributed by atoms with Crippen molar-refractivity contribution in [2.45, 2.75) is 18.7 Å². The Balaban J connectivity index is 1.91. The smallest absolute Gasteiger partial charge is 0.238 e. The summed E-state index contributed by atoms with van der Waals surface area (Å²) < 4.78 is 34.2. The zero-order valence-corrected chi connectivity index (χ0v) is 15.8. The summed E-state index contributed by atoms with van der Waals surface area (Å²) in [5, 5.41) is 5.21. The molecule has 3 aromatic carbocycles. The number of hydrogen-bond acceptors (Lipinski definition) is 4. The molecule has 5 nitrogen and oxygen atoms in total. The fraction of sp³-hybridized carbons (Fsp3) is 0.143. The van der Waals surface area contributed by atoms with Gasteiger partial charge < -0.3 is 9.47 Å². The molecule has 3 aromatic rings. The Labute approximate surface area is 158 Å². The maximum atomic E-state index is 11.5. The maximum absolute atomic E-state index is 11.5. The Morgan fingerprint density at radius 3 is 1.81 bits per heavy atom. The van der Waals surface area contributed by atoms with Gasteiger partial charge in [-0.05, 0) is 60.4 Å². The molecule has 0 spiro atoms. The fourth-order valence-corrected chi connectivity index (χ4v) is 3.89. The van der Waals surface area contributed by atoms with Gasteiger partial charge in [0, 0.05) is 0 Å². The summed E-state index contributed by atoms with van der Waals surface area (Å²) in [6, 6.07) is 16.8. The van der Waals surface area contributed by atoms with E-state index in [0.717, 1.165) is 33.4 Å². The predicted molar refractivity (Wildman–Crippen MR) is 104 cm³/mol. The highest BCUT2D eigenvalue weighted by Crippen LogP contribution is 2.43. The normalized spacial score (nSPS) is 13.0. The topological polar surface area (TPSA) is 78.6 Å². The number of benzene rings is 3. The highest BCUT2D eigenvalue weighted by atomic mass is 32.2. The second kappa shape index (κ2) is 6.40. The van der Waals surface area contributed by atoms with E-state index in [1.165, 1.54) is 12.1 Å². The molecule has 1 heterocycles.